The summed E-state index contributed by atoms with van der Waals surface area (Å²) in [5.41, 5.74) is 2.43. The van der Waals surface area contributed by atoms with Crippen LogP contribution in [0.25, 0.3) is 0 Å². The highest BCUT2D eigenvalue weighted by molar-refractivity contribution is 4.97. The van der Waals surface area contributed by atoms with E-state index >= 15 is 0 Å². The van der Waals surface area contributed by atoms with E-state index in [0.29, 0.717) is 0 Å². The molecule has 0 aliphatic heterocycles. The number of rotatable bonds is 5. The lowest BCUT2D eigenvalue weighted by molar-refractivity contribution is 0.339. The Hall–Kier alpha value is -0.560. The maximum absolute atomic E-state index is 3.88. The van der Waals surface area contributed by atoms with Gasteiger partial charge in [0.2, 0.25) is 0 Å². The molecule has 0 N–H and O–H groups in total. The summed E-state index contributed by atoms with van der Waals surface area (Å²) in [6.45, 7) is 17.1. The first kappa shape index (κ1) is 10.4. The average molecular weight is 153 g/mol. The maximum atomic E-state index is 3.88. The van der Waals surface area contributed by atoms with Gasteiger partial charge in [-0.1, -0.05) is 31.2 Å². The predicted octanol–water partition coefficient (Wildman–Crippen LogP) is 2.46. The molecule has 0 amide bonds. The number of hydrogen-bond acceptors (Lipinski definition) is 1. The first-order chi connectivity index (χ1) is 5.06. The van der Waals surface area contributed by atoms with E-state index in [0.717, 1.165) is 19.6 Å². The summed E-state index contributed by atoms with van der Waals surface area (Å²) in [6, 6.07) is 0. The van der Waals surface area contributed by atoms with E-state index < -0.39 is 0 Å². The van der Waals surface area contributed by atoms with Crippen molar-refractivity contribution in [3.8, 4) is 0 Å². The van der Waals surface area contributed by atoms with Crippen molar-refractivity contribution in [3.63, 3.8) is 0 Å². The van der Waals surface area contributed by atoms with Gasteiger partial charge in [0.15, 0.2) is 0 Å². The predicted molar refractivity (Wildman–Crippen MR) is 51.7 cm³/mol. The molecule has 0 atom stereocenters. The summed E-state index contributed by atoms with van der Waals surface area (Å²) in [5, 5.41) is 0. The van der Waals surface area contributed by atoms with Crippen LogP contribution in [0.15, 0.2) is 24.3 Å². The zero-order valence-electron chi connectivity index (χ0n) is 7.98. The van der Waals surface area contributed by atoms with Crippen LogP contribution in [0.5, 0.6) is 0 Å². The summed E-state index contributed by atoms with van der Waals surface area (Å²) in [5.74, 6) is 0. The average Bonchev–Trinajstić information content (AvgIpc) is 1.84. The van der Waals surface area contributed by atoms with Crippen molar-refractivity contribution in [2.45, 2.75) is 20.8 Å². The van der Waals surface area contributed by atoms with Gasteiger partial charge in [0.1, 0.15) is 0 Å². The van der Waals surface area contributed by atoms with E-state index in [9.17, 15) is 0 Å². The highest BCUT2D eigenvalue weighted by atomic mass is 15.1. The van der Waals surface area contributed by atoms with Gasteiger partial charge >= 0.3 is 0 Å². The van der Waals surface area contributed by atoms with Crippen molar-refractivity contribution in [1.29, 1.82) is 0 Å². The van der Waals surface area contributed by atoms with Gasteiger partial charge < -0.3 is 0 Å². The van der Waals surface area contributed by atoms with E-state index in [1.54, 1.807) is 0 Å². The molecule has 0 fully saturated rings. The number of hydrogen-bond donors (Lipinski definition) is 0. The smallest absolute Gasteiger partial charge is 0.0190 e. The Labute approximate surface area is 70.4 Å². The molecule has 0 spiro atoms. The molecule has 0 aromatic carbocycles. The van der Waals surface area contributed by atoms with Gasteiger partial charge in [0.25, 0.3) is 0 Å². The Bertz CT molecular complexity index is 131. The highest BCUT2D eigenvalue weighted by Crippen LogP contribution is 1.98. The van der Waals surface area contributed by atoms with Crippen LogP contribution in [0.2, 0.25) is 0 Å². The van der Waals surface area contributed by atoms with Gasteiger partial charge in [0.05, 0.1) is 0 Å². The van der Waals surface area contributed by atoms with E-state index in [1.165, 1.54) is 11.1 Å². The minimum absolute atomic E-state index is 0.989. The fraction of sp³-hybridized carbons (Fsp3) is 0.600. The van der Waals surface area contributed by atoms with Crippen LogP contribution in [0, 0.1) is 0 Å². The van der Waals surface area contributed by atoms with Gasteiger partial charge in [-0.3, -0.25) is 4.90 Å². The molecular formula is C10H19N. The molecule has 0 unspecified atom stereocenters. The molecule has 0 aliphatic rings. The Kier molecular flexibility index (Phi) is 4.88. The summed E-state index contributed by atoms with van der Waals surface area (Å²) < 4.78 is 0. The van der Waals surface area contributed by atoms with Crippen molar-refractivity contribution in [1.82, 2.24) is 4.90 Å². The van der Waals surface area contributed by atoms with Crippen LogP contribution in [0.3, 0.4) is 0 Å². The molecule has 1 heteroatoms. The lowest BCUT2D eigenvalue weighted by Gasteiger charge is -2.19. The zero-order chi connectivity index (χ0) is 8.85. The molecule has 0 saturated heterocycles. The van der Waals surface area contributed by atoms with Crippen molar-refractivity contribution < 1.29 is 0 Å². The van der Waals surface area contributed by atoms with Gasteiger partial charge in [0, 0.05) is 13.1 Å². The molecule has 0 heterocycles. The van der Waals surface area contributed by atoms with Crippen LogP contribution in [-0.2, 0) is 0 Å². The molecule has 0 saturated carbocycles. The topological polar surface area (TPSA) is 3.24 Å². The lowest BCUT2D eigenvalue weighted by atomic mass is 10.2. The Morgan fingerprint density at radius 3 is 1.64 bits per heavy atom. The fourth-order valence-corrected chi connectivity index (χ4v) is 1.04. The Balaban J connectivity index is 3.76. The van der Waals surface area contributed by atoms with Gasteiger partial charge in [-0.2, -0.15) is 0 Å². The van der Waals surface area contributed by atoms with Crippen LogP contribution >= 0.6 is 0 Å². The third-order valence-corrected chi connectivity index (χ3v) is 1.43. The number of nitrogens with zero attached hydrogens (tertiary/aromatic N) is 1. The molecule has 0 aromatic heterocycles. The van der Waals surface area contributed by atoms with Crippen molar-refractivity contribution in [3.05, 3.63) is 24.3 Å². The third-order valence-electron chi connectivity index (χ3n) is 1.43. The highest BCUT2D eigenvalue weighted by Gasteiger charge is 2.00. The minimum atomic E-state index is 0.989. The van der Waals surface area contributed by atoms with Crippen molar-refractivity contribution in [2.24, 2.45) is 0 Å². The monoisotopic (exact) mass is 153 g/mol. The van der Waals surface area contributed by atoms with Crippen LogP contribution in [0.4, 0.5) is 0 Å². The molecule has 1 nitrogen and oxygen atoms in total. The maximum Gasteiger partial charge on any atom is 0.0190 e. The van der Waals surface area contributed by atoms with E-state index in [1.807, 2.05) is 0 Å². The molecule has 0 bridgehead atoms. The van der Waals surface area contributed by atoms with E-state index in [4.69, 9.17) is 0 Å². The first-order valence-electron chi connectivity index (χ1n) is 4.07. The summed E-state index contributed by atoms with van der Waals surface area (Å²) >= 11 is 0. The molecule has 0 rings (SSSR count). The zero-order valence-corrected chi connectivity index (χ0v) is 7.98. The second kappa shape index (κ2) is 5.14. The van der Waals surface area contributed by atoms with Gasteiger partial charge in [-0.05, 0) is 20.4 Å². The van der Waals surface area contributed by atoms with Gasteiger partial charge in [-0.25, -0.2) is 0 Å². The Morgan fingerprint density at radius 1 is 1.09 bits per heavy atom. The fourth-order valence-electron chi connectivity index (χ4n) is 1.04. The molecule has 0 radical (unpaired) electrons. The largest absolute Gasteiger partial charge is 0.296 e. The SMILES string of the molecule is C=C(C)CN(CC)CC(=C)C. The lowest BCUT2D eigenvalue weighted by Crippen LogP contribution is -2.26. The molecular weight excluding hydrogens is 134 g/mol. The summed E-state index contributed by atoms with van der Waals surface area (Å²) in [6.07, 6.45) is 0. The van der Waals surface area contributed by atoms with Crippen molar-refractivity contribution >= 4 is 0 Å². The van der Waals surface area contributed by atoms with Gasteiger partial charge in [-0.15, -0.1) is 0 Å². The molecule has 64 valence electrons. The Morgan fingerprint density at radius 2 is 1.45 bits per heavy atom. The van der Waals surface area contributed by atoms with Crippen LogP contribution in [0.1, 0.15) is 20.8 Å². The molecule has 11 heavy (non-hydrogen) atoms. The van der Waals surface area contributed by atoms with Crippen LogP contribution < -0.4 is 0 Å². The second-order valence-electron chi connectivity index (χ2n) is 3.22. The first-order valence-corrected chi connectivity index (χ1v) is 4.07. The normalized spacial score (nSPS) is 10.2. The summed E-state index contributed by atoms with van der Waals surface area (Å²) in [7, 11) is 0. The second-order valence-corrected chi connectivity index (χ2v) is 3.22. The van der Waals surface area contributed by atoms with E-state index in [-0.39, 0.29) is 0 Å². The standard InChI is InChI=1S/C10H19N/c1-6-11(7-9(2)3)8-10(4)5/h2,4,6-8H2,1,3,5H3. The molecule has 0 aromatic rings. The quantitative estimate of drug-likeness (QED) is 0.548. The minimum Gasteiger partial charge on any atom is -0.296 e. The van der Waals surface area contributed by atoms with Crippen molar-refractivity contribution in [2.75, 3.05) is 19.6 Å². The number of likely N-dealkylation sites (N-methyl/N-ethyl adjacent to an activating group) is 1. The summed E-state index contributed by atoms with van der Waals surface area (Å²) in [4.78, 5) is 2.32. The van der Waals surface area contributed by atoms with E-state index in [2.05, 4.69) is 38.8 Å². The molecule has 0 aliphatic carbocycles. The van der Waals surface area contributed by atoms with Crippen LogP contribution in [-0.4, -0.2) is 24.5 Å². The third kappa shape index (κ3) is 5.86.